The summed E-state index contributed by atoms with van der Waals surface area (Å²) in [4.78, 5) is 10.5. The number of benzene rings is 3. The van der Waals surface area contributed by atoms with Crippen molar-refractivity contribution >= 4 is 33.3 Å². The van der Waals surface area contributed by atoms with Crippen LogP contribution in [-0.4, -0.2) is 38.9 Å². The molecule has 0 atom stereocenters. The molecule has 0 aromatic heterocycles. The van der Waals surface area contributed by atoms with Gasteiger partial charge in [0.05, 0.1) is 35.9 Å². The van der Waals surface area contributed by atoms with Crippen LogP contribution in [0, 0.1) is 10.1 Å². The average molecular weight is 472 g/mol. The van der Waals surface area contributed by atoms with Crippen LogP contribution in [0.3, 0.4) is 0 Å². The zero-order chi connectivity index (χ0) is 24.0. The van der Waals surface area contributed by atoms with E-state index in [2.05, 4.69) is 15.2 Å². The summed E-state index contributed by atoms with van der Waals surface area (Å²) < 4.78 is 38.0. The van der Waals surface area contributed by atoms with E-state index in [0.29, 0.717) is 11.3 Å². The predicted octanol–water partition coefficient (Wildman–Crippen LogP) is 3.56. The second kappa shape index (κ2) is 9.87. The fraction of sp³-hybridized carbons (Fsp3) is 0.0952. The number of nitrogens with zero attached hydrogens (tertiary/aromatic N) is 2. The molecule has 3 aromatic carbocycles. The van der Waals surface area contributed by atoms with E-state index in [4.69, 9.17) is 9.47 Å². The van der Waals surface area contributed by atoms with Crippen LogP contribution in [0.15, 0.2) is 70.7 Å². The van der Waals surface area contributed by atoms with E-state index in [1.165, 1.54) is 38.6 Å². The summed E-state index contributed by atoms with van der Waals surface area (Å²) in [6, 6.07) is 14.5. The molecule has 0 aliphatic heterocycles. The highest BCUT2D eigenvalue weighted by molar-refractivity contribution is 7.92. The molecule has 0 fully saturated rings. The van der Waals surface area contributed by atoms with Gasteiger partial charge in [0, 0.05) is 11.6 Å². The van der Waals surface area contributed by atoms with Gasteiger partial charge in [-0.3, -0.25) is 20.3 Å². The van der Waals surface area contributed by atoms with Gasteiger partial charge in [-0.05, 0) is 36.4 Å². The Morgan fingerprint density at radius 1 is 1.00 bits per heavy atom. The Labute approximate surface area is 189 Å². The zero-order valence-electron chi connectivity index (χ0n) is 17.6. The van der Waals surface area contributed by atoms with Gasteiger partial charge in [0.1, 0.15) is 11.4 Å². The molecule has 0 radical (unpaired) electrons. The third-order valence-corrected chi connectivity index (χ3v) is 5.83. The van der Waals surface area contributed by atoms with Crippen molar-refractivity contribution in [3.8, 4) is 17.2 Å². The second-order valence-electron chi connectivity index (χ2n) is 6.51. The van der Waals surface area contributed by atoms with Crippen molar-refractivity contribution < 1.29 is 27.9 Å². The van der Waals surface area contributed by atoms with E-state index in [9.17, 15) is 23.6 Å². The lowest BCUT2D eigenvalue weighted by atomic mass is 10.2. The first-order chi connectivity index (χ1) is 15.8. The molecule has 0 heterocycles. The van der Waals surface area contributed by atoms with Crippen LogP contribution in [0.4, 0.5) is 17.1 Å². The summed E-state index contributed by atoms with van der Waals surface area (Å²) in [6.07, 6.45) is 1.25. The number of anilines is 2. The fourth-order valence-corrected chi connectivity index (χ4v) is 3.93. The lowest BCUT2D eigenvalue weighted by Crippen LogP contribution is -2.14. The number of sulfonamides is 1. The Morgan fingerprint density at radius 3 is 2.39 bits per heavy atom. The molecular weight excluding hydrogens is 452 g/mol. The van der Waals surface area contributed by atoms with Crippen LogP contribution in [-0.2, 0) is 10.0 Å². The lowest BCUT2D eigenvalue weighted by molar-refractivity contribution is -0.384. The summed E-state index contributed by atoms with van der Waals surface area (Å²) in [7, 11) is -1.35. The molecule has 0 unspecified atom stereocenters. The third-order valence-electron chi connectivity index (χ3n) is 4.47. The molecule has 0 bridgehead atoms. The average Bonchev–Trinajstić information content (AvgIpc) is 2.80. The molecule has 0 spiro atoms. The quantitative estimate of drug-likeness (QED) is 0.243. The summed E-state index contributed by atoms with van der Waals surface area (Å²) in [5.41, 5.74) is 2.44. The molecule has 172 valence electrons. The maximum atomic E-state index is 12.8. The molecule has 3 rings (SSSR count). The predicted molar refractivity (Wildman–Crippen MR) is 123 cm³/mol. The summed E-state index contributed by atoms with van der Waals surface area (Å²) in [6.45, 7) is 0. The Bertz CT molecular complexity index is 1310. The highest BCUT2D eigenvalue weighted by Gasteiger charge is 2.22. The number of hydrogen-bond acceptors (Lipinski definition) is 9. The van der Waals surface area contributed by atoms with Gasteiger partial charge in [0.2, 0.25) is 0 Å². The highest BCUT2D eigenvalue weighted by atomic mass is 32.2. The van der Waals surface area contributed by atoms with Crippen molar-refractivity contribution in [1.29, 1.82) is 0 Å². The number of nitrogens with one attached hydrogen (secondary N) is 2. The molecule has 0 saturated carbocycles. The minimum Gasteiger partial charge on any atom is -0.504 e. The number of ether oxygens (including phenoxy) is 2. The molecule has 33 heavy (non-hydrogen) atoms. The maximum absolute atomic E-state index is 12.8. The first-order valence-electron chi connectivity index (χ1n) is 9.36. The number of phenolic OH excluding ortho intramolecular Hbond substituents is 1. The number of phenols is 1. The molecule has 0 amide bonds. The SMILES string of the molecule is COc1ccccc1NS(=O)(=O)c1ccc(NN=Cc2cccc(OC)c2O)c([N+](=O)[O-])c1. The Morgan fingerprint density at radius 2 is 1.70 bits per heavy atom. The number of aromatic hydroxyl groups is 1. The van der Waals surface area contributed by atoms with E-state index >= 15 is 0 Å². The van der Waals surface area contributed by atoms with Gasteiger partial charge in [-0.1, -0.05) is 18.2 Å². The molecule has 0 saturated heterocycles. The number of nitro groups is 1. The van der Waals surface area contributed by atoms with Crippen molar-refractivity contribution in [1.82, 2.24) is 0 Å². The van der Waals surface area contributed by atoms with Crippen LogP contribution >= 0.6 is 0 Å². The first kappa shape index (κ1) is 23.3. The third kappa shape index (κ3) is 5.30. The van der Waals surface area contributed by atoms with Crippen LogP contribution in [0.2, 0.25) is 0 Å². The van der Waals surface area contributed by atoms with E-state index in [-0.39, 0.29) is 27.8 Å². The van der Waals surface area contributed by atoms with Crippen LogP contribution in [0.25, 0.3) is 0 Å². The summed E-state index contributed by atoms with van der Waals surface area (Å²) >= 11 is 0. The van der Waals surface area contributed by atoms with E-state index in [1.54, 1.807) is 36.4 Å². The maximum Gasteiger partial charge on any atom is 0.295 e. The van der Waals surface area contributed by atoms with Crippen LogP contribution < -0.4 is 19.6 Å². The van der Waals surface area contributed by atoms with Crippen molar-refractivity contribution in [3.05, 3.63) is 76.3 Å². The molecule has 12 heteroatoms. The van der Waals surface area contributed by atoms with Gasteiger partial charge in [0.25, 0.3) is 15.7 Å². The Hall–Kier alpha value is -4.32. The molecule has 0 aliphatic rings. The zero-order valence-corrected chi connectivity index (χ0v) is 18.4. The monoisotopic (exact) mass is 472 g/mol. The van der Waals surface area contributed by atoms with Gasteiger partial charge >= 0.3 is 0 Å². The van der Waals surface area contributed by atoms with Crippen molar-refractivity contribution in [2.75, 3.05) is 24.4 Å². The number of hydrogen-bond donors (Lipinski definition) is 3. The van der Waals surface area contributed by atoms with Crippen LogP contribution in [0.1, 0.15) is 5.56 Å². The van der Waals surface area contributed by atoms with Crippen molar-refractivity contribution in [2.45, 2.75) is 4.90 Å². The van der Waals surface area contributed by atoms with Gasteiger partial charge in [-0.2, -0.15) is 5.10 Å². The number of rotatable bonds is 9. The number of nitro benzene ring substituents is 1. The molecule has 3 aromatic rings. The topological polar surface area (TPSA) is 152 Å². The highest BCUT2D eigenvalue weighted by Crippen LogP contribution is 2.31. The van der Waals surface area contributed by atoms with E-state index < -0.39 is 20.6 Å². The molecular formula is C21H20N4O7S. The van der Waals surface area contributed by atoms with Gasteiger partial charge in [-0.15, -0.1) is 0 Å². The number of hydrazone groups is 1. The van der Waals surface area contributed by atoms with E-state index in [0.717, 1.165) is 6.07 Å². The van der Waals surface area contributed by atoms with Gasteiger partial charge < -0.3 is 14.6 Å². The molecule has 11 nitrogen and oxygen atoms in total. The minimum atomic E-state index is -4.14. The fourth-order valence-electron chi connectivity index (χ4n) is 2.84. The van der Waals surface area contributed by atoms with Gasteiger partial charge in [-0.25, -0.2) is 8.42 Å². The lowest BCUT2D eigenvalue weighted by Gasteiger charge is -2.12. The standard InChI is InChI=1S/C21H20N4O7S/c1-31-19-8-4-3-7-17(19)24-33(29,30)15-10-11-16(18(12-15)25(27)28)23-22-13-14-6-5-9-20(32-2)21(14)26/h3-13,23-24,26H,1-2H3. The van der Waals surface area contributed by atoms with Crippen molar-refractivity contribution in [3.63, 3.8) is 0 Å². The second-order valence-corrected chi connectivity index (χ2v) is 8.19. The largest absolute Gasteiger partial charge is 0.504 e. The normalized spacial score (nSPS) is 11.2. The van der Waals surface area contributed by atoms with Crippen molar-refractivity contribution in [2.24, 2.45) is 5.10 Å². The van der Waals surface area contributed by atoms with Crippen LogP contribution in [0.5, 0.6) is 17.2 Å². The smallest absolute Gasteiger partial charge is 0.295 e. The Kier molecular flexibility index (Phi) is 6.98. The summed E-state index contributed by atoms with van der Waals surface area (Å²) in [5.74, 6) is 0.384. The Balaban J connectivity index is 1.87. The molecule has 0 aliphatic carbocycles. The number of para-hydroxylation sites is 3. The van der Waals surface area contributed by atoms with Gasteiger partial charge in [0.15, 0.2) is 11.5 Å². The summed E-state index contributed by atoms with van der Waals surface area (Å²) in [5, 5.41) is 25.5. The minimum absolute atomic E-state index is 0.0464. The van der Waals surface area contributed by atoms with E-state index in [1.807, 2.05) is 0 Å². The first-order valence-corrected chi connectivity index (χ1v) is 10.8. The molecule has 3 N–H and O–H groups in total. The number of methoxy groups -OCH3 is 2.